The van der Waals surface area contributed by atoms with Crippen LogP contribution < -0.4 is 5.32 Å². The number of hydrogen-bond donors (Lipinski definition) is 1. The molecule has 116 valence electrons. The standard InChI is InChI=1S/C13H27N3O.2ClH/c1-4-16-10-6-7-12(16)11-15(3)13(17)8-5-9-14-2;;/h12,14H,4-11H2,1-3H3;2*1H. The van der Waals surface area contributed by atoms with Crippen molar-refractivity contribution in [2.75, 3.05) is 40.3 Å². The lowest BCUT2D eigenvalue weighted by Crippen LogP contribution is -2.41. The zero-order valence-electron chi connectivity index (χ0n) is 12.4. The van der Waals surface area contributed by atoms with E-state index in [0.29, 0.717) is 12.5 Å². The fourth-order valence-corrected chi connectivity index (χ4v) is 2.54. The average molecular weight is 314 g/mol. The summed E-state index contributed by atoms with van der Waals surface area (Å²) in [5.74, 6) is 0.281. The molecule has 1 fully saturated rings. The molecule has 6 heteroatoms. The second-order valence-electron chi connectivity index (χ2n) is 4.91. The maximum absolute atomic E-state index is 11.9. The Morgan fingerprint density at radius 3 is 2.68 bits per heavy atom. The number of amides is 1. The number of rotatable bonds is 7. The van der Waals surface area contributed by atoms with Gasteiger partial charge in [0.1, 0.15) is 0 Å². The highest BCUT2D eigenvalue weighted by Crippen LogP contribution is 2.17. The van der Waals surface area contributed by atoms with Gasteiger partial charge in [0.05, 0.1) is 0 Å². The fraction of sp³-hybridized carbons (Fsp3) is 0.923. The Labute approximate surface area is 130 Å². The Kier molecular flexibility index (Phi) is 13.2. The van der Waals surface area contributed by atoms with E-state index in [4.69, 9.17) is 0 Å². The Morgan fingerprint density at radius 1 is 1.42 bits per heavy atom. The van der Waals surface area contributed by atoms with E-state index in [2.05, 4.69) is 17.1 Å². The molecule has 1 rings (SSSR count). The molecule has 19 heavy (non-hydrogen) atoms. The molecule has 1 aliphatic heterocycles. The number of halogens is 2. The summed E-state index contributed by atoms with van der Waals surface area (Å²) in [7, 11) is 3.86. The second-order valence-corrected chi connectivity index (χ2v) is 4.91. The molecule has 1 unspecified atom stereocenters. The first-order valence-corrected chi connectivity index (χ1v) is 6.81. The van der Waals surface area contributed by atoms with E-state index < -0.39 is 0 Å². The summed E-state index contributed by atoms with van der Waals surface area (Å²) in [6.07, 6.45) is 4.11. The smallest absolute Gasteiger partial charge is 0.222 e. The van der Waals surface area contributed by atoms with Crippen LogP contribution in [0.25, 0.3) is 0 Å². The van der Waals surface area contributed by atoms with Gasteiger partial charge in [-0.05, 0) is 45.9 Å². The molecule has 0 spiro atoms. The predicted molar refractivity (Wildman–Crippen MR) is 85.6 cm³/mol. The molecule has 4 nitrogen and oxygen atoms in total. The van der Waals surface area contributed by atoms with Crippen molar-refractivity contribution in [1.82, 2.24) is 15.1 Å². The Morgan fingerprint density at radius 2 is 2.11 bits per heavy atom. The first-order chi connectivity index (χ1) is 8.19. The fourth-order valence-electron chi connectivity index (χ4n) is 2.54. The second kappa shape index (κ2) is 11.8. The number of nitrogens with one attached hydrogen (secondary N) is 1. The molecule has 0 bridgehead atoms. The van der Waals surface area contributed by atoms with Crippen LogP contribution in [0.5, 0.6) is 0 Å². The van der Waals surface area contributed by atoms with Crippen LogP contribution in [-0.4, -0.2) is 62.0 Å². The van der Waals surface area contributed by atoms with E-state index >= 15 is 0 Å². The molecule has 0 aromatic carbocycles. The van der Waals surface area contributed by atoms with E-state index in [1.165, 1.54) is 19.4 Å². The summed E-state index contributed by atoms with van der Waals surface area (Å²) < 4.78 is 0. The van der Waals surface area contributed by atoms with Gasteiger partial charge in [0.2, 0.25) is 5.91 Å². The number of nitrogens with zero attached hydrogens (tertiary/aromatic N) is 2. The molecule has 1 aliphatic rings. The lowest BCUT2D eigenvalue weighted by Gasteiger charge is -2.27. The van der Waals surface area contributed by atoms with Crippen molar-refractivity contribution in [2.24, 2.45) is 0 Å². The number of likely N-dealkylation sites (N-methyl/N-ethyl adjacent to an activating group) is 2. The minimum atomic E-state index is 0. The zero-order valence-corrected chi connectivity index (χ0v) is 14.0. The van der Waals surface area contributed by atoms with Crippen molar-refractivity contribution in [1.29, 1.82) is 0 Å². The van der Waals surface area contributed by atoms with Crippen molar-refractivity contribution in [3.8, 4) is 0 Å². The van der Waals surface area contributed by atoms with Crippen LogP contribution >= 0.6 is 24.8 Å². The van der Waals surface area contributed by atoms with Crippen molar-refractivity contribution in [3.63, 3.8) is 0 Å². The normalized spacial score (nSPS) is 18.6. The zero-order chi connectivity index (χ0) is 12.7. The van der Waals surface area contributed by atoms with Gasteiger partial charge in [-0.2, -0.15) is 0 Å². The summed E-state index contributed by atoms with van der Waals surface area (Å²) in [6, 6.07) is 0.582. The van der Waals surface area contributed by atoms with Gasteiger partial charge in [-0.1, -0.05) is 6.92 Å². The SMILES string of the molecule is CCN1CCCC1CN(C)C(=O)CCCNC.Cl.Cl. The van der Waals surface area contributed by atoms with Crippen LogP contribution in [0.15, 0.2) is 0 Å². The molecule has 0 aliphatic carbocycles. The molecule has 0 radical (unpaired) electrons. The molecule has 0 aromatic rings. The van der Waals surface area contributed by atoms with E-state index in [1.54, 1.807) is 0 Å². The largest absolute Gasteiger partial charge is 0.344 e. The first kappa shape index (κ1) is 21.3. The molecule has 0 saturated carbocycles. The highest BCUT2D eigenvalue weighted by atomic mass is 35.5. The Hall–Kier alpha value is -0.0300. The minimum absolute atomic E-state index is 0. The van der Waals surface area contributed by atoms with Gasteiger partial charge in [0.15, 0.2) is 0 Å². The molecule has 1 amide bonds. The van der Waals surface area contributed by atoms with Crippen LogP contribution in [0.3, 0.4) is 0 Å². The highest BCUT2D eigenvalue weighted by molar-refractivity contribution is 5.85. The summed E-state index contributed by atoms with van der Waals surface area (Å²) in [5.41, 5.74) is 0. The summed E-state index contributed by atoms with van der Waals surface area (Å²) >= 11 is 0. The van der Waals surface area contributed by atoms with Crippen LogP contribution in [0.4, 0.5) is 0 Å². The van der Waals surface area contributed by atoms with E-state index in [-0.39, 0.29) is 30.7 Å². The van der Waals surface area contributed by atoms with Crippen LogP contribution in [0.2, 0.25) is 0 Å². The third kappa shape index (κ3) is 7.35. The van der Waals surface area contributed by atoms with Gasteiger partial charge in [-0.25, -0.2) is 0 Å². The maximum Gasteiger partial charge on any atom is 0.222 e. The van der Waals surface area contributed by atoms with Crippen LogP contribution in [-0.2, 0) is 4.79 Å². The molecule has 0 aromatic heterocycles. The Bertz CT molecular complexity index is 242. The summed E-state index contributed by atoms with van der Waals surface area (Å²) in [4.78, 5) is 16.3. The van der Waals surface area contributed by atoms with Gasteiger partial charge in [-0.3, -0.25) is 9.69 Å². The van der Waals surface area contributed by atoms with Gasteiger partial charge >= 0.3 is 0 Å². The molecular weight excluding hydrogens is 285 g/mol. The lowest BCUT2D eigenvalue weighted by atomic mass is 10.2. The van der Waals surface area contributed by atoms with E-state index in [9.17, 15) is 4.79 Å². The van der Waals surface area contributed by atoms with Gasteiger partial charge in [-0.15, -0.1) is 24.8 Å². The van der Waals surface area contributed by atoms with E-state index in [0.717, 1.165) is 26.1 Å². The molecule has 1 atom stereocenters. The van der Waals surface area contributed by atoms with Crippen molar-refractivity contribution in [3.05, 3.63) is 0 Å². The first-order valence-electron chi connectivity index (χ1n) is 6.81. The van der Waals surface area contributed by atoms with Gasteiger partial charge in [0, 0.05) is 26.1 Å². The van der Waals surface area contributed by atoms with Crippen LogP contribution in [0, 0.1) is 0 Å². The van der Waals surface area contributed by atoms with Crippen LogP contribution in [0.1, 0.15) is 32.6 Å². The number of carbonyl (C=O) groups excluding carboxylic acids is 1. The number of hydrogen-bond acceptors (Lipinski definition) is 3. The van der Waals surface area contributed by atoms with E-state index in [1.807, 2.05) is 19.0 Å². The molecular formula is C13H29Cl2N3O. The monoisotopic (exact) mass is 313 g/mol. The quantitative estimate of drug-likeness (QED) is 0.728. The molecule has 1 N–H and O–H groups in total. The number of carbonyl (C=O) groups is 1. The predicted octanol–water partition coefficient (Wildman–Crippen LogP) is 1.77. The summed E-state index contributed by atoms with van der Waals surface area (Å²) in [6.45, 7) is 6.32. The third-order valence-corrected chi connectivity index (χ3v) is 3.63. The van der Waals surface area contributed by atoms with Crippen molar-refractivity contribution in [2.45, 2.75) is 38.6 Å². The third-order valence-electron chi connectivity index (χ3n) is 3.63. The minimum Gasteiger partial charge on any atom is -0.344 e. The Balaban J connectivity index is 0. The average Bonchev–Trinajstić information content (AvgIpc) is 2.76. The molecule has 1 heterocycles. The topological polar surface area (TPSA) is 35.6 Å². The lowest BCUT2D eigenvalue weighted by molar-refractivity contribution is -0.130. The maximum atomic E-state index is 11.9. The van der Waals surface area contributed by atoms with Gasteiger partial charge < -0.3 is 10.2 Å². The van der Waals surface area contributed by atoms with Crippen molar-refractivity contribution < 1.29 is 4.79 Å². The summed E-state index contributed by atoms with van der Waals surface area (Å²) in [5, 5.41) is 3.07. The number of likely N-dealkylation sites (tertiary alicyclic amines) is 1. The molecule has 1 saturated heterocycles. The van der Waals surface area contributed by atoms with Gasteiger partial charge in [0.25, 0.3) is 0 Å². The van der Waals surface area contributed by atoms with Crippen molar-refractivity contribution >= 4 is 30.7 Å². The highest BCUT2D eigenvalue weighted by Gasteiger charge is 2.25.